The van der Waals surface area contributed by atoms with Crippen LogP contribution in [0.2, 0.25) is 0 Å². The zero-order valence-electron chi connectivity index (χ0n) is 15.2. The number of H-pyrrole nitrogens is 1. The molecule has 28 heavy (non-hydrogen) atoms. The van der Waals surface area contributed by atoms with Crippen molar-refractivity contribution in [3.05, 3.63) is 51.1 Å². The molecule has 2 aromatic heterocycles. The molecule has 3 N–H and O–H groups in total. The third kappa shape index (κ3) is 4.79. The Morgan fingerprint density at radius 2 is 2.04 bits per heavy atom. The average Bonchev–Trinajstić information content (AvgIpc) is 3.11. The minimum atomic E-state index is -1.17. The molecule has 0 saturated carbocycles. The second kappa shape index (κ2) is 9.03. The number of hydrogen-bond donors (Lipinski definition) is 3. The second-order valence-electron chi connectivity index (χ2n) is 6.14. The number of unbranched alkanes of at least 4 members (excludes halogenated alkanes) is 1. The Morgan fingerprint density at radius 3 is 2.71 bits per heavy atom. The summed E-state index contributed by atoms with van der Waals surface area (Å²) in [5.41, 5.74) is 1.37. The lowest BCUT2D eigenvalue weighted by atomic mass is 10.1. The number of carboxylic acid groups (broad SMARTS) is 1. The maximum atomic E-state index is 12.2. The van der Waals surface area contributed by atoms with Gasteiger partial charge in [0.05, 0.1) is 16.7 Å². The highest BCUT2D eigenvalue weighted by Crippen LogP contribution is 2.23. The standard InChI is InChI=1S/C19H19N3O4S2/c1-2-3-4-11-5-7-12(8-6-11)20-14(23)10-28-19-21-16(24)15-13(18(25)26)9-27-17(15)22-19/h5-9H,2-4,10H2,1H3,(H,20,23)(H,25,26)(H,21,22,24). The molecule has 0 bridgehead atoms. The average molecular weight is 418 g/mol. The number of fused-ring (bicyclic) bond motifs is 1. The van der Waals surface area contributed by atoms with Crippen molar-refractivity contribution < 1.29 is 14.7 Å². The first-order valence-corrected chi connectivity index (χ1v) is 10.6. The van der Waals surface area contributed by atoms with Gasteiger partial charge in [0, 0.05) is 11.1 Å². The van der Waals surface area contributed by atoms with Crippen LogP contribution in [0.15, 0.2) is 39.6 Å². The van der Waals surface area contributed by atoms with E-state index in [1.54, 1.807) is 0 Å². The van der Waals surface area contributed by atoms with E-state index < -0.39 is 11.5 Å². The number of nitrogens with one attached hydrogen (secondary N) is 2. The van der Waals surface area contributed by atoms with Gasteiger partial charge in [-0.2, -0.15) is 0 Å². The van der Waals surface area contributed by atoms with Gasteiger partial charge in [-0.3, -0.25) is 9.59 Å². The number of rotatable bonds is 8. The van der Waals surface area contributed by atoms with Crippen molar-refractivity contribution in [3.63, 3.8) is 0 Å². The van der Waals surface area contributed by atoms with Gasteiger partial charge in [0.15, 0.2) is 5.16 Å². The molecule has 0 saturated heterocycles. The van der Waals surface area contributed by atoms with Crippen LogP contribution in [0.5, 0.6) is 0 Å². The van der Waals surface area contributed by atoms with Crippen molar-refractivity contribution in [3.8, 4) is 0 Å². The first-order chi connectivity index (χ1) is 13.5. The summed E-state index contributed by atoms with van der Waals surface area (Å²) in [6, 6.07) is 7.75. The molecule has 3 aromatic rings. The fraction of sp³-hybridized carbons (Fsp3) is 0.263. The predicted octanol–water partition coefficient (Wildman–Crippen LogP) is 3.76. The molecule has 1 aromatic carbocycles. The SMILES string of the molecule is CCCCc1ccc(NC(=O)CSc2nc3scc(C(=O)O)c3c(=O)[nH]2)cc1. The summed E-state index contributed by atoms with van der Waals surface area (Å²) in [6.45, 7) is 2.15. The number of carboxylic acids is 1. The molecule has 0 atom stereocenters. The van der Waals surface area contributed by atoms with E-state index in [1.807, 2.05) is 24.3 Å². The molecule has 9 heteroatoms. The lowest BCUT2D eigenvalue weighted by Crippen LogP contribution is -2.16. The molecule has 0 fully saturated rings. The zero-order valence-corrected chi connectivity index (χ0v) is 16.8. The van der Waals surface area contributed by atoms with Gasteiger partial charge in [0.2, 0.25) is 5.91 Å². The smallest absolute Gasteiger partial charge is 0.337 e. The number of benzene rings is 1. The molecule has 146 valence electrons. The van der Waals surface area contributed by atoms with Crippen LogP contribution in [0.1, 0.15) is 35.7 Å². The van der Waals surface area contributed by atoms with E-state index in [0.717, 1.165) is 42.4 Å². The number of hydrogen-bond acceptors (Lipinski definition) is 6. The van der Waals surface area contributed by atoms with Crippen LogP contribution in [-0.2, 0) is 11.2 Å². The number of aromatic nitrogens is 2. The van der Waals surface area contributed by atoms with E-state index in [2.05, 4.69) is 22.2 Å². The van der Waals surface area contributed by atoms with Gasteiger partial charge in [-0.25, -0.2) is 9.78 Å². The number of anilines is 1. The summed E-state index contributed by atoms with van der Waals surface area (Å²) < 4.78 is 0. The molecule has 0 aliphatic heterocycles. The third-order valence-electron chi connectivity index (χ3n) is 4.05. The van der Waals surface area contributed by atoms with E-state index in [1.165, 1.54) is 10.9 Å². The fourth-order valence-corrected chi connectivity index (χ4v) is 4.25. The molecule has 7 nitrogen and oxygen atoms in total. The number of nitrogens with zero attached hydrogens (tertiary/aromatic N) is 1. The van der Waals surface area contributed by atoms with E-state index in [-0.39, 0.29) is 27.8 Å². The molecule has 1 amide bonds. The summed E-state index contributed by atoms with van der Waals surface area (Å²) in [4.78, 5) is 42.6. The Hall–Kier alpha value is -2.65. The number of thiophene rings is 1. The summed E-state index contributed by atoms with van der Waals surface area (Å²) >= 11 is 2.18. The summed E-state index contributed by atoms with van der Waals surface area (Å²) in [6.07, 6.45) is 3.30. The predicted molar refractivity (Wildman–Crippen MR) is 112 cm³/mol. The monoisotopic (exact) mass is 417 g/mol. The lowest BCUT2D eigenvalue weighted by Gasteiger charge is -2.06. The van der Waals surface area contributed by atoms with Crippen LogP contribution in [0.25, 0.3) is 10.2 Å². The van der Waals surface area contributed by atoms with E-state index in [9.17, 15) is 14.4 Å². The molecular weight excluding hydrogens is 398 g/mol. The second-order valence-corrected chi connectivity index (χ2v) is 7.97. The topological polar surface area (TPSA) is 112 Å². The van der Waals surface area contributed by atoms with Gasteiger partial charge < -0.3 is 15.4 Å². The number of carbonyl (C=O) groups is 2. The number of carbonyl (C=O) groups excluding carboxylic acids is 1. The van der Waals surface area contributed by atoms with Gasteiger partial charge in [-0.15, -0.1) is 11.3 Å². The Morgan fingerprint density at radius 1 is 1.29 bits per heavy atom. The molecular formula is C19H19N3O4S2. The van der Waals surface area contributed by atoms with Crippen LogP contribution in [0, 0.1) is 0 Å². The van der Waals surface area contributed by atoms with Crippen LogP contribution < -0.4 is 10.9 Å². The van der Waals surface area contributed by atoms with Crippen LogP contribution in [-0.4, -0.2) is 32.7 Å². The van der Waals surface area contributed by atoms with Crippen LogP contribution >= 0.6 is 23.1 Å². The first-order valence-electron chi connectivity index (χ1n) is 8.74. The number of thioether (sulfide) groups is 1. The zero-order chi connectivity index (χ0) is 20.1. The highest BCUT2D eigenvalue weighted by Gasteiger charge is 2.16. The van der Waals surface area contributed by atoms with Crippen LogP contribution in [0.4, 0.5) is 5.69 Å². The van der Waals surface area contributed by atoms with E-state index in [4.69, 9.17) is 5.11 Å². The summed E-state index contributed by atoms with van der Waals surface area (Å²) in [5.74, 6) is -1.31. The van der Waals surface area contributed by atoms with Crippen molar-refractivity contribution >= 4 is 50.9 Å². The van der Waals surface area contributed by atoms with Crippen LogP contribution in [0.3, 0.4) is 0 Å². The van der Waals surface area contributed by atoms with Crippen molar-refractivity contribution in [2.45, 2.75) is 31.3 Å². The largest absolute Gasteiger partial charge is 0.478 e. The van der Waals surface area contributed by atoms with Crippen molar-refractivity contribution in [2.24, 2.45) is 0 Å². The van der Waals surface area contributed by atoms with Crippen molar-refractivity contribution in [1.82, 2.24) is 9.97 Å². The molecule has 0 radical (unpaired) electrons. The molecule has 2 heterocycles. The Balaban J connectivity index is 1.61. The van der Waals surface area contributed by atoms with Gasteiger partial charge in [0.25, 0.3) is 5.56 Å². The first kappa shape index (κ1) is 20.1. The van der Waals surface area contributed by atoms with Crippen molar-refractivity contribution in [2.75, 3.05) is 11.1 Å². The molecule has 0 aliphatic carbocycles. The highest BCUT2D eigenvalue weighted by molar-refractivity contribution is 7.99. The molecule has 0 unspecified atom stereocenters. The lowest BCUT2D eigenvalue weighted by molar-refractivity contribution is -0.113. The minimum absolute atomic E-state index is 0.0643. The van der Waals surface area contributed by atoms with Gasteiger partial charge in [0.1, 0.15) is 4.83 Å². The fourth-order valence-electron chi connectivity index (χ4n) is 2.62. The number of amides is 1. The van der Waals surface area contributed by atoms with E-state index in [0.29, 0.717) is 10.5 Å². The Bertz CT molecular complexity index is 1060. The highest BCUT2D eigenvalue weighted by atomic mass is 32.2. The third-order valence-corrected chi connectivity index (χ3v) is 5.79. The van der Waals surface area contributed by atoms with Gasteiger partial charge in [-0.05, 0) is 30.5 Å². The number of aryl methyl sites for hydroxylation is 1. The quantitative estimate of drug-likeness (QED) is 0.380. The summed E-state index contributed by atoms with van der Waals surface area (Å²) in [5, 5.41) is 13.7. The number of aromatic amines is 1. The molecule has 0 spiro atoms. The molecule has 3 rings (SSSR count). The maximum absolute atomic E-state index is 12.2. The van der Waals surface area contributed by atoms with Gasteiger partial charge in [-0.1, -0.05) is 37.2 Å². The normalized spacial score (nSPS) is 10.9. The summed E-state index contributed by atoms with van der Waals surface area (Å²) in [7, 11) is 0. The Labute approximate surface area is 169 Å². The molecule has 0 aliphatic rings. The number of aromatic carboxylic acids is 1. The van der Waals surface area contributed by atoms with Gasteiger partial charge >= 0.3 is 5.97 Å². The van der Waals surface area contributed by atoms with E-state index >= 15 is 0 Å². The Kier molecular flexibility index (Phi) is 6.48. The van der Waals surface area contributed by atoms with Crippen molar-refractivity contribution in [1.29, 1.82) is 0 Å². The minimum Gasteiger partial charge on any atom is -0.478 e. The maximum Gasteiger partial charge on any atom is 0.337 e.